The Morgan fingerprint density at radius 3 is 2.88 bits per heavy atom. The molecule has 0 atom stereocenters. The van der Waals surface area contributed by atoms with E-state index in [4.69, 9.17) is 4.52 Å². The molecule has 1 fully saturated rings. The van der Waals surface area contributed by atoms with Crippen LogP contribution in [0.2, 0.25) is 0 Å². The van der Waals surface area contributed by atoms with Crippen LogP contribution in [0, 0.1) is 0 Å². The van der Waals surface area contributed by atoms with Gasteiger partial charge in [-0.2, -0.15) is 0 Å². The second-order valence-corrected chi connectivity index (χ2v) is 6.07. The zero-order chi connectivity index (χ0) is 17.2. The minimum Gasteiger partial charge on any atom is -0.390 e. The Morgan fingerprint density at radius 2 is 2.12 bits per heavy atom. The lowest BCUT2D eigenvalue weighted by atomic mass is 9.86. The summed E-state index contributed by atoms with van der Waals surface area (Å²) in [6, 6.07) is 11.4. The molecule has 1 aromatic carbocycles. The van der Waals surface area contributed by atoms with Gasteiger partial charge in [0.1, 0.15) is 5.69 Å². The molecule has 128 valence electrons. The van der Waals surface area contributed by atoms with E-state index in [0.717, 1.165) is 18.4 Å². The van der Waals surface area contributed by atoms with Gasteiger partial charge in [0.25, 0.3) is 5.91 Å². The van der Waals surface area contributed by atoms with E-state index < -0.39 is 0 Å². The first-order valence-electron chi connectivity index (χ1n) is 8.07. The van der Waals surface area contributed by atoms with Crippen LogP contribution in [0.15, 0.2) is 47.1 Å². The van der Waals surface area contributed by atoms with Crippen LogP contribution in [0.1, 0.15) is 35.1 Å². The van der Waals surface area contributed by atoms with Gasteiger partial charge in [-0.25, -0.2) is 4.68 Å². The lowest BCUT2D eigenvalue weighted by Gasteiger charge is -2.35. The summed E-state index contributed by atoms with van der Waals surface area (Å²) >= 11 is 0. The van der Waals surface area contributed by atoms with Gasteiger partial charge in [-0.15, -0.1) is 5.10 Å². The zero-order valence-electron chi connectivity index (χ0n) is 13.4. The highest BCUT2D eigenvalue weighted by atomic mass is 16.5. The van der Waals surface area contributed by atoms with E-state index in [0.29, 0.717) is 11.4 Å². The molecule has 1 aliphatic carbocycles. The summed E-state index contributed by atoms with van der Waals surface area (Å²) in [5, 5.41) is 23.9. The van der Waals surface area contributed by atoms with E-state index in [9.17, 15) is 9.90 Å². The minimum atomic E-state index is -0.279. The van der Waals surface area contributed by atoms with Gasteiger partial charge in [-0.3, -0.25) is 4.79 Å². The minimum absolute atomic E-state index is 0.0403. The van der Waals surface area contributed by atoms with Crippen LogP contribution < -0.4 is 5.32 Å². The van der Waals surface area contributed by atoms with Crippen LogP contribution in [-0.2, 0) is 6.61 Å². The van der Waals surface area contributed by atoms with Crippen LogP contribution in [0.3, 0.4) is 0 Å². The van der Waals surface area contributed by atoms with Crippen molar-refractivity contribution in [3.8, 4) is 11.3 Å². The largest absolute Gasteiger partial charge is 0.390 e. The number of amides is 1. The van der Waals surface area contributed by atoms with Gasteiger partial charge in [0.2, 0.25) is 5.76 Å². The fourth-order valence-electron chi connectivity index (χ4n) is 2.97. The summed E-state index contributed by atoms with van der Waals surface area (Å²) < 4.78 is 6.88. The number of benzene rings is 1. The topological polar surface area (TPSA) is 106 Å². The number of carbonyl (C=O) groups is 1. The maximum absolute atomic E-state index is 12.3. The monoisotopic (exact) mass is 339 g/mol. The first-order chi connectivity index (χ1) is 12.2. The van der Waals surface area contributed by atoms with Crippen molar-refractivity contribution in [3.63, 3.8) is 0 Å². The summed E-state index contributed by atoms with van der Waals surface area (Å²) in [4.78, 5) is 12.3. The predicted molar refractivity (Wildman–Crippen MR) is 87.4 cm³/mol. The molecule has 2 N–H and O–H groups in total. The summed E-state index contributed by atoms with van der Waals surface area (Å²) in [7, 11) is 0. The highest BCUT2D eigenvalue weighted by Gasteiger charge is 2.34. The molecule has 4 rings (SSSR count). The summed E-state index contributed by atoms with van der Waals surface area (Å²) in [6.07, 6.45) is 3.02. The number of carbonyl (C=O) groups excluding carboxylic acids is 1. The molecule has 0 aliphatic heterocycles. The molecule has 8 nitrogen and oxygen atoms in total. The van der Waals surface area contributed by atoms with E-state index in [1.54, 1.807) is 16.9 Å². The van der Waals surface area contributed by atoms with E-state index in [1.165, 1.54) is 0 Å². The normalized spacial score (nSPS) is 19.4. The molecule has 0 unspecified atom stereocenters. The Balaban J connectivity index is 1.35. The number of hydrogen-bond donors (Lipinski definition) is 2. The summed E-state index contributed by atoms with van der Waals surface area (Å²) in [5.74, 6) is -0.0850. The van der Waals surface area contributed by atoms with Crippen LogP contribution in [0.4, 0.5) is 0 Å². The number of nitrogens with one attached hydrogen (secondary N) is 1. The fourth-order valence-corrected chi connectivity index (χ4v) is 2.97. The van der Waals surface area contributed by atoms with Gasteiger partial charge in [-0.1, -0.05) is 40.7 Å². The molecule has 0 spiro atoms. The van der Waals surface area contributed by atoms with Crippen LogP contribution in [-0.4, -0.2) is 37.2 Å². The van der Waals surface area contributed by atoms with Crippen molar-refractivity contribution in [1.29, 1.82) is 0 Å². The molecule has 2 aromatic heterocycles. The molecular weight excluding hydrogens is 322 g/mol. The molecule has 1 saturated carbocycles. The van der Waals surface area contributed by atoms with Crippen molar-refractivity contribution in [1.82, 2.24) is 25.5 Å². The number of aromatic nitrogens is 4. The van der Waals surface area contributed by atoms with Crippen molar-refractivity contribution < 1.29 is 14.4 Å². The van der Waals surface area contributed by atoms with Gasteiger partial charge >= 0.3 is 0 Å². The standard InChI is InChI=1S/C17H17N5O3/c23-10-14-9-18-21-22(14)13-6-12(7-13)19-17(24)16-8-15(20-25-16)11-4-2-1-3-5-11/h1-5,8-9,12-13,23H,6-7,10H2,(H,19,24)/t12-,13-. The van der Waals surface area contributed by atoms with E-state index >= 15 is 0 Å². The van der Waals surface area contributed by atoms with E-state index in [-0.39, 0.29) is 30.4 Å². The highest BCUT2D eigenvalue weighted by Crippen LogP contribution is 2.32. The zero-order valence-corrected chi connectivity index (χ0v) is 13.4. The van der Waals surface area contributed by atoms with Crippen molar-refractivity contribution in [2.45, 2.75) is 31.5 Å². The van der Waals surface area contributed by atoms with Crippen molar-refractivity contribution >= 4 is 5.91 Å². The number of aliphatic hydroxyl groups is 1. The lowest BCUT2D eigenvalue weighted by molar-refractivity contribution is 0.0847. The van der Waals surface area contributed by atoms with Crippen molar-refractivity contribution in [2.24, 2.45) is 0 Å². The van der Waals surface area contributed by atoms with Gasteiger partial charge in [0, 0.05) is 17.7 Å². The molecule has 8 heteroatoms. The quantitative estimate of drug-likeness (QED) is 0.731. The molecular formula is C17H17N5O3. The Morgan fingerprint density at radius 1 is 1.32 bits per heavy atom. The maximum atomic E-state index is 12.3. The fraction of sp³-hybridized carbons (Fsp3) is 0.294. The number of nitrogens with zero attached hydrogens (tertiary/aromatic N) is 4. The van der Waals surface area contributed by atoms with Crippen LogP contribution >= 0.6 is 0 Å². The number of rotatable bonds is 5. The average molecular weight is 339 g/mol. The van der Waals surface area contributed by atoms with Gasteiger partial charge in [-0.05, 0) is 12.8 Å². The second-order valence-electron chi connectivity index (χ2n) is 6.07. The van der Waals surface area contributed by atoms with Gasteiger partial charge in [0.05, 0.1) is 24.5 Å². The lowest BCUT2D eigenvalue weighted by Crippen LogP contribution is -2.45. The molecule has 0 bridgehead atoms. The van der Waals surface area contributed by atoms with E-state index in [2.05, 4.69) is 20.8 Å². The molecule has 0 radical (unpaired) electrons. The average Bonchev–Trinajstić information content (AvgIpc) is 3.27. The second kappa shape index (κ2) is 6.48. The van der Waals surface area contributed by atoms with Gasteiger partial charge < -0.3 is 14.9 Å². The number of hydrogen-bond acceptors (Lipinski definition) is 6. The van der Waals surface area contributed by atoms with Crippen LogP contribution in [0.5, 0.6) is 0 Å². The Hall–Kier alpha value is -3.00. The summed E-state index contributed by atoms with van der Waals surface area (Å²) in [5.41, 5.74) is 2.21. The predicted octanol–water partition coefficient (Wildman–Crippen LogP) is 1.56. The third-order valence-electron chi connectivity index (χ3n) is 4.41. The van der Waals surface area contributed by atoms with Crippen molar-refractivity contribution in [2.75, 3.05) is 0 Å². The number of aliphatic hydroxyl groups excluding tert-OH is 1. The molecule has 2 heterocycles. The molecule has 1 aliphatic rings. The Labute approximate surface area is 143 Å². The Kier molecular flexibility index (Phi) is 4.02. The first kappa shape index (κ1) is 15.5. The smallest absolute Gasteiger partial charge is 0.290 e. The third kappa shape index (κ3) is 3.03. The molecule has 3 aromatic rings. The molecule has 1 amide bonds. The SMILES string of the molecule is O=C(N[C@H]1C[C@H](n2nncc2CO)C1)c1cc(-c2ccccc2)no1. The molecule has 0 saturated heterocycles. The maximum Gasteiger partial charge on any atom is 0.290 e. The van der Waals surface area contributed by atoms with Crippen molar-refractivity contribution in [3.05, 3.63) is 54.0 Å². The molecule has 25 heavy (non-hydrogen) atoms. The first-order valence-corrected chi connectivity index (χ1v) is 8.07. The van der Waals surface area contributed by atoms with E-state index in [1.807, 2.05) is 30.3 Å². The Bertz CT molecular complexity index is 867. The third-order valence-corrected chi connectivity index (χ3v) is 4.41. The van der Waals surface area contributed by atoms with Crippen LogP contribution in [0.25, 0.3) is 11.3 Å². The summed E-state index contributed by atoms with van der Waals surface area (Å²) in [6.45, 7) is -0.0964. The highest BCUT2D eigenvalue weighted by molar-refractivity contribution is 5.92. The van der Waals surface area contributed by atoms with Gasteiger partial charge in [0.15, 0.2) is 0 Å².